The highest BCUT2D eigenvalue weighted by Crippen LogP contribution is 2.09. The summed E-state index contributed by atoms with van der Waals surface area (Å²) in [6.45, 7) is 2.90. The average Bonchev–Trinajstić information content (AvgIpc) is 2.24. The predicted molar refractivity (Wildman–Crippen MR) is 69.4 cm³/mol. The highest BCUT2D eigenvalue weighted by atomic mass is 35.5. The summed E-state index contributed by atoms with van der Waals surface area (Å²) in [5, 5.41) is 3.50. The molecule has 1 rings (SSSR count). The van der Waals surface area contributed by atoms with Crippen LogP contribution in [-0.2, 0) is 0 Å². The van der Waals surface area contributed by atoms with Gasteiger partial charge in [0.1, 0.15) is 5.82 Å². The van der Waals surface area contributed by atoms with Crippen molar-refractivity contribution < 1.29 is 0 Å². The Balaban J connectivity index is 2.39. The van der Waals surface area contributed by atoms with Gasteiger partial charge in [-0.2, -0.15) is 4.98 Å². The van der Waals surface area contributed by atoms with Crippen molar-refractivity contribution >= 4 is 23.4 Å². The Kier molecular flexibility index (Phi) is 5.32. The zero-order valence-electron chi connectivity index (χ0n) is 10.1. The van der Waals surface area contributed by atoms with Gasteiger partial charge in [0.25, 0.3) is 0 Å². The third-order valence-electron chi connectivity index (χ3n) is 2.13. The zero-order valence-corrected chi connectivity index (χ0v) is 10.8. The molecule has 1 aromatic rings. The molecular weight excluding hydrogens is 224 g/mol. The molecule has 1 heterocycles. The molecule has 16 heavy (non-hydrogen) atoms. The molecule has 1 atom stereocenters. The summed E-state index contributed by atoms with van der Waals surface area (Å²) in [6, 6.07) is 1.87. The molecule has 0 aromatic carbocycles. The Labute approximate surface area is 102 Å². The number of halogens is 1. The van der Waals surface area contributed by atoms with Crippen LogP contribution in [0.15, 0.2) is 12.3 Å². The number of nitrogens with one attached hydrogen (secondary N) is 1. The van der Waals surface area contributed by atoms with Gasteiger partial charge in [-0.15, -0.1) is 11.6 Å². The van der Waals surface area contributed by atoms with E-state index in [4.69, 9.17) is 11.6 Å². The smallest absolute Gasteiger partial charge is 0.226 e. The molecule has 0 aliphatic carbocycles. The Morgan fingerprint density at radius 3 is 2.88 bits per heavy atom. The Hall–Kier alpha value is -1.03. The van der Waals surface area contributed by atoms with E-state index in [0.29, 0.717) is 0 Å². The summed E-state index contributed by atoms with van der Waals surface area (Å²) in [5.41, 5.74) is 0. The molecule has 1 aromatic heterocycles. The summed E-state index contributed by atoms with van der Waals surface area (Å²) in [4.78, 5) is 10.4. The lowest BCUT2D eigenvalue weighted by Crippen LogP contribution is -2.14. The van der Waals surface area contributed by atoms with Crippen LogP contribution in [0.1, 0.15) is 19.8 Å². The van der Waals surface area contributed by atoms with Crippen molar-refractivity contribution in [2.45, 2.75) is 25.1 Å². The van der Waals surface area contributed by atoms with E-state index in [1.807, 2.05) is 32.0 Å². The molecule has 0 saturated carbocycles. The van der Waals surface area contributed by atoms with Gasteiger partial charge in [-0.3, -0.25) is 0 Å². The Morgan fingerprint density at radius 2 is 2.25 bits per heavy atom. The molecule has 4 nitrogen and oxygen atoms in total. The summed E-state index contributed by atoms with van der Waals surface area (Å²) in [6.07, 6.45) is 3.82. The fraction of sp³-hybridized carbons (Fsp3) is 0.636. The first-order chi connectivity index (χ1) is 7.59. The van der Waals surface area contributed by atoms with Gasteiger partial charge in [-0.1, -0.05) is 0 Å². The monoisotopic (exact) mass is 242 g/mol. The van der Waals surface area contributed by atoms with E-state index < -0.39 is 0 Å². The minimum absolute atomic E-state index is 0.240. The summed E-state index contributed by atoms with van der Waals surface area (Å²) < 4.78 is 0. The number of aromatic nitrogens is 2. The summed E-state index contributed by atoms with van der Waals surface area (Å²) in [7, 11) is 3.85. The van der Waals surface area contributed by atoms with Crippen LogP contribution in [-0.4, -0.2) is 36.0 Å². The molecule has 90 valence electrons. The maximum absolute atomic E-state index is 5.87. The molecule has 0 aliphatic rings. The lowest BCUT2D eigenvalue weighted by molar-refractivity contribution is 0.748. The van der Waals surface area contributed by atoms with E-state index in [0.717, 1.165) is 31.2 Å². The molecule has 0 aliphatic heterocycles. The minimum Gasteiger partial charge on any atom is -0.370 e. The third-order valence-corrected chi connectivity index (χ3v) is 2.35. The van der Waals surface area contributed by atoms with Crippen LogP contribution in [0, 0.1) is 0 Å². The molecule has 5 heteroatoms. The van der Waals surface area contributed by atoms with Crippen LogP contribution in [0.3, 0.4) is 0 Å². The summed E-state index contributed by atoms with van der Waals surface area (Å²) in [5.74, 6) is 1.58. The van der Waals surface area contributed by atoms with Crippen molar-refractivity contribution in [2.24, 2.45) is 0 Å². The first-order valence-electron chi connectivity index (χ1n) is 5.48. The van der Waals surface area contributed by atoms with Crippen molar-refractivity contribution in [3.8, 4) is 0 Å². The van der Waals surface area contributed by atoms with Crippen LogP contribution in [0.25, 0.3) is 0 Å². The topological polar surface area (TPSA) is 41.1 Å². The standard InChI is InChI=1S/C11H19ClN4/c1-9(12)5-4-7-13-10-6-8-14-11(15-10)16(2)3/h6,8-9H,4-5,7H2,1-3H3,(H,13,14,15). The third kappa shape index (κ3) is 4.66. The van der Waals surface area contributed by atoms with Gasteiger partial charge in [0.05, 0.1) is 0 Å². The molecule has 1 N–H and O–H groups in total. The molecule has 0 amide bonds. The highest BCUT2D eigenvalue weighted by molar-refractivity contribution is 6.20. The second-order valence-corrected chi connectivity index (χ2v) is 4.73. The number of hydrogen-bond donors (Lipinski definition) is 1. The van der Waals surface area contributed by atoms with Crippen molar-refractivity contribution in [1.82, 2.24) is 9.97 Å². The first kappa shape index (κ1) is 13.0. The van der Waals surface area contributed by atoms with Gasteiger partial charge in [-0.25, -0.2) is 4.98 Å². The minimum atomic E-state index is 0.240. The summed E-state index contributed by atoms with van der Waals surface area (Å²) >= 11 is 5.87. The molecule has 0 fully saturated rings. The van der Waals surface area contributed by atoms with E-state index in [-0.39, 0.29) is 5.38 Å². The number of nitrogens with zero attached hydrogens (tertiary/aromatic N) is 3. The fourth-order valence-electron chi connectivity index (χ4n) is 1.26. The zero-order chi connectivity index (χ0) is 12.0. The van der Waals surface area contributed by atoms with Gasteiger partial charge in [0.15, 0.2) is 0 Å². The van der Waals surface area contributed by atoms with Crippen molar-refractivity contribution in [1.29, 1.82) is 0 Å². The van der Waals surface area contributed by atoms with Crippen LogP contribution in [0.5, 0.6) is 0 Å². The molecule has 0 radical (unpaired) electrons. The highest BCUT2D eigenvalue weighted by Gasteiger charge is 2.00. The van der Waals surface area contributed by atoms with Gasteiger partial charge in [-0.05, 0) is 25.8 Å². The van der Waals surface area contributed by atoms with Crippen molar-refractivity contribution in [3.63, 3.8) is 0 Å². The molecule has 0 bridgehead atoms. The van der Waals surface area contributed by atoms with Crippen LogP contribution < -0.4 is 10.2 Å². The van der Waals surface area contributed by atoms with E-state index in [1.54, 1.807) is 6.20 Å². The van der Waals surface area contributed by atoms with Crippen molar-refractivity contribution in [3.05, 3.63) is 12.3 Å². The first-order valence-corrected chi connectivity index (χ1v) is 5.91. The molecular formula is C11H19ClN4. The lowest BCUT2D eigenvalue weighted by atomic mass is 10.2. The average molecular weight is 243 g/mol. The Morgan fingerprint density at radius 1 is 1.50 bits per heavy atom. The predicted octanol–water partition coefficient (Wildman–Crippen LogP) is 2.36. The quantitative estimate of drug-likeness (QED) is 0.614. The molecule has 0 saturated heterocycles. The largest absolute Gasteiger partial charge is 0.370 e. The number of hydrogen-bond acceptors (Lipinski definition) is 4. The van der Waals surface area contributed by atoms with Gasteiger partial charge in [0.2, 0.25) is 5.95 Å². The lowest BCUT2D eigenvalue weighted by Gasteiger charge is -2.11. The van der Waals surface area contributed by atoms with E-state index in [1.165, 1.54) is 0 Å². The maximum Gasteiger partial charge on any atom is 0.226 e. The van der Waals surface area contributed by atoms with E-state index in [9.17, 15) is 0 Å². The van der Waals surface area contributed by atoms with Crippen LogP contribution in [0.2, 0.25) is 0 Å². The SMILES string of the molecule is CC(Cl)CCCNc1ccnc(N(C)C)n1. The number of alkyl halides is 1. The van der Waals surface area contributed by atoms with E-state index in [2.05, 4.69) is 15.3 Å². The number of rotatable bonds is 6. The normalized spacial score (nSPS) is 12.2. The fourth-order valence-corrected chi connectivity index (χ4v) is 1.42. The molecule has 0 spiro atoms. The Bertz CT molecular complexity index is 315. The van der Waals surface area contributed by atoms with Gasteiger partial charge < -0.3 is 10.2 Å². The van der Waals surface area contributed by atoms with Crippen LogP contribution >= 0.6 is 11.6 Å². The van der Waals surface area contributed by atoms with Crippen molar-refractivity contribution in [2.75, 3.05) is 30.9 Å². The maximum atomic E-state index is 5.87. The second-order valence-electron chi connectivity index (χ2n) is 3.99. The molecule has 1 unspecified atom stereocenters. The van der Waals surface area contributed by atoms with Gasteiger partial charge >= 0.3 is 0 Å². The van der Waals surface area contributed by atoms with E-state index >= 15 is 0 Å². The second kappa shape index (κ2) is 6.53. The van der Waals surface area contributed by atoms with Gasteiger partial charge in [0, 0.05) is 32.2 Å². The number of anilines is 2. The van der Waals surface area contributed by atoms with Crippen LogP contribution in [0.4, 0.5) is 11.8 Å².